The maximum absolute atomic E-state index is 12.8. The molecule has 4 aromatic heterocycles. The van der Waals surface area contributed by atoms with Crippen LogP contribution in [-0.2, 0) is 0 Å². The summed E-state index contributed by atoms with van der Waals surface area (Å²) in [6, 6.07) is 9.56. The molecule has 4 N–H and O–H groups in total. The molecule has 0 aliphatic heterocycles. The first-order chi connectivity index (χ1) is 17.6. The maximum Gasteiger partial charge on any atom is 0.270 e. The predicted molar refractivity (Wildman–Crippen MR) is 144 cm³/mol. The van der Waals surface area contributed by atoms with Gasteiger partial charge >= 0.3 is 0 Å². The fourth-order valence-corrected chi connectivity index (χ4v) is 5.68. The number of hydrogen-bond acceptors (Lipinski definition) is 8. The number of anilines is 3. The van der Waals surface area contributed by atoms with Crippen LogP contribution in [0.5, 0.6) is 0 Å². The third-order valence-corrected chi connectivity index (χ3v) is 7.66. The number of hydrogen-bond donors (Lipinski definition) is 4. The molecular formula is C26H32N8OS. The molecular weight excluding hydrogens is 472 g/mol. The van der Waals surface area contributed by atoms with E-state index in [1.54, 1.807) is 23.6 Å². The number of nitrogens with one attached hydrogen (secondary N) is 4. The monoisotopic (exact) mass is 504 g/mol. The molecule has 1 aliphatic carbocycles. The summed E-state index contributed by atoms with van der Waals surface area (Å²) in [5.41, 5.74) is 2.32. The summed E-state index contributed by atoms with van der Waals surface area (Å²) >= 11 is 1.60. The van der Waals surface area contributed by atoms with Crippen LogP contribution < -0.4 is 16.0 Å². The van der Waals surface area contributed by atoms with Gasteiger partial charge in [0.15, 0.2) is 11.6 Å². The largest absolute Gasteiger partial charge is 0.351 e. The third-order valence-electron chi connectivity index (χ3n) is 6.75. The molecule has 5 rings (SSSR count). The minimum absolute atomic E-state index is 0.0596. The van der Waals surface area contributed by atoms with E-state index in [1.165, 1.54) is 0 Å². The van der Waals surface area contributed by atoms with E-state index >= 15 is 0 Å². The van der Waals surface area contributed by atoms with Crippen molar-refractivity contribution in [2.45, 2.75) is 64.5 Å². The summed E-state index contributed by atoms with van der Waals surface area (Å²) < 4.78 is 0.991. The van der Waals surface area contributed by atoms with Crippen molar-refractivity contribution in [3.05, 3.63) is 53.3 Å². The van der Waals surface area contributed by atoms with Crippen molar-refractivity contribution in [3.8, 4) is 0 Å². The first-order valence-electron chi connectivity index (χ1n) is 12.6. The Hall–Kier alpha value is -3.53. The molecule has 1 saturated carbocycles. The molecule has 0 radical (unpaired) electrons. The second-order valence-electron chi connectivity index (χ2n) is 9.50. The van der Waals surface area contributed by atoms with Crippen molar-refractivity contribution in [3.63, 3.8) is 0 Å². The maximum atomic E-state index is 12.8. The standard InChI is InChI=1S/C26H32N8OS/c1-3-17-7-6-8-18(28-25(35)21-9-4-5-11-27-21)15-19(14-17)29-26-30-20-10-12-36-23(20)24(32-26)31-22-13-16(2)33-34-22/h4-5,9-13,17-19H,3,6-8,14-15H2,1-2H3,(H,28,35)(H3,29,30,31,32,33,34). The number of nitrogens with zero attached hydrogens (tertiary/aromatic N) is 4. The fraction of sp³-hybridized carbons (Fsp3) is 0.423. The molecule has 4 aromatic rings. The number of aromatic nitrogens is 5. The van der Waals surface area contributed by atoms with Crippen molar-refractivity contribution in [1.29, 1.82) is 0 Å². The van der Waals surface area contributed by atoms with Gasteiger partial charge in [-0.3, -0.25) is 14.9 Å². The second kappa shape index (κ2) is 11.0. The van der Waals surface area contributed by atoms with Crippen LogP contribution in [0, 0.1) is 12.8 Å². The van der Waals surface area contributed by atoms with Crippen LogP contribution in [-0.4, -0.2) is 43.1 Å². The Morgan fingerprint density at radius 2 is 2.08 bits per heavy atom. The van der Waals surface area contributed by atoms with Crippen LogP contribution in [0.25, 0.3) is 10.2 Å². The molecule has 1 aliphatic rings. The van der Waals surface area contributed by atoms with E-state index in [2.05, 4.69) is 38.1 Å². The van der Waals surface area contributed by atoms with Gasteiger partial charge in [0.25, 0.3) is 5.91 Å². The lowest BCUT2D eigenvalue weighted by atomic mass is 9.84. The van der Waals surface area contributed by atoms with Gasteiger partial charge in [-0.25, -0.2) is 4.98 Å². The van der Waals surface area contributed by atoms with Crippen molar-refractivity contribution in [2.24, 2.45) is 5.92 Å². The molecule has 10 heteroatoms. The number of thiophene rings is 1. The Bertz CT molecular complexity index is 1300. The first-order valence-corrected chi connectivity index (χ1v) is 13.5. The normalized spacial score (nSPS) is 20.4. The number of rotatable bonds is 7. The zero-order valence-electron chi connectivity index (χ0n) is 20.6. The number of H-pyrrole nitrogens is 1. The summed E-state index contributed by atoms with van der Waals surface area (Å²) in [5.74, 6) is 2.56. The average molecular weight is 505 g/mol. The van der Waals surface area contributed by atoms with Crippen LogP contribution in [0.3, 0.4) is 0 Å². The number of carbonyl (C=O) groups excluding carboxylic acids is 1. The van der Waals surface area contributed by atoms with Crippen LogP contribution in [0.1, 0.15) is 61.6 Å². The quantitative estimate of drug-likeness (QED) is 0.265. The molecule has 3 atom stereocenters. The van der Waals surface area contributed by atoms with E-state index in [1.807, 2.05) is 36.6 Å². The van der Waals surface area contributed by atoms with E-state index in [9.17, 15) is 4.79 Å². The van der Waals surface area contributed by atoms with Crippen molar-refractivity contribution >= 4 is 45.0 Å². The molecule has 188 valence electrons. The molecule has 0 aromatic carbocycles. The highest BCUT2D eigenvalue weighted by Crippen LogP contribution is 2.31. The van der Waals surface area contributed by atoms with Crippen LogP contribution in [0.4, 0.5) is 17.6 Å². The SMILES string of the molecule is CCC1CCCC(NC(=O)c2ccccn2)CC(Nc2nc(Nc3cc(C)[nH]n3)c3sccc3n2)C1. The lowest BCUT2D eigenvalue weighted by Gasteiger charge is -2.31. The Labute approximate surface area is 214 Å². The highest BCUT2D eigenvalue weighted by molar-refractivity contribution is 7.17. The zero-order valence-corrected chi connectivity index (χ0v) is 21.4. The zero-order chi connectivity index (χ0) is 24.9. The fourth-order valence-electron chi connectivity index (χ4n) is 4.91. The molecule has 0 saturated heterocycles. The summed E-state index contributed by atoms with van der Waals surface area (Å²) in [6.07, 6.45) is 7.81. The first kappa shape index (κ1) is 24.2. The minimum atomic E-state index is -0.122. The van der Waals surface area contributed by atoms with Gasteiger partial charge in [-0.15, -0.1) is 11.3 Å². The Kier molecular flexibility index (Phi) is 7.41. The highest BCUT2D eigenvalue weighted by atomic mass is 32.1. The molecule has 3 unspecified atom stereocenters. The van der Waals surface area contributed by atoms with Crippen molar-refractivity contribution < 1.29 is 4.79 Å². The summed E-state index contributed by atoms with van der Waals surface area (Å²) in [6.45, 7) is 4.22. The van der Waals surface area contributed by atoms with Gasteiger partial charge in [0.05, 0.1) is 10.2 Å². The number of pyridine rings is 1. The molecule has 4 heterocycles. The van der Waals surface area contributed by atoms with E-state index in [0.29, 0.717) is 17.6 Å². The molecule has 1 fully saturated rings. The minimum Gasteiger partial charge on any atom is -0.351 e. The van der Waals surface area contributed by atoms with Crippen molar-refractivity contribution in [2.75, 3.05) is 10.6 Å². The van der Waals surface area contributed by atoms with E-state index in [0.717, 1.165) is 66.1 Å². The number of aryl methyl sites for hydroxylation is 1. The topological polar surface area (TPSA) is 121 Å². The van der Waals surface area contributed by atoms with Gasteiger partial charge in [0, 0.05) is 30.0 Å². The smallest absolute Gasteiger partial charge is 0.270 e. The van der Waals surface area contributed by atoms with Gasteiger partial charge in [-0.2, -0.15) is 10.1 Å². The highest BCUT2D eigenvalue weighted by Gasteiger charge is 2.26. The number of amides is 1. The molecule has 0 spiro atoms. The molecule has 0 bridgehead atoms. The van der Waals surface area contributed by atoms with E-state index in [-0.39, 0.29) is 18.0 Å². The third kappa shape index (κ3) is 5.81. The number of fused-ring (bicyclic) bond motifs is 1. The summed E-state index contributed by atoms with van der Waals surface area (Å²) in [5, 5.41) is 19.5. The van der Waals surface area contributed by atoms with Gasteiger partial charge in [-0.05, 0) is 55.7 Å². The van der Waals surface area contributed by atoms with Gasteiger partial charge in [0.1, 0.15) is 5.69 Å². The Morgan fingerprint density at radius 3 is 2.86 bits per heavy atom. The van der Waals surface area contributed by atoms with E-state index in [4.69, 9.17) is 9.97 Å². The van der Waals surface area contributed by atoms with Crippen LogP contribution >= 0.6 is 11.3 Å². The van der Waals surface area contributed by atoms with Gasteiger partial charge in [0.2, 0.25) is 5.95 Å². The summed E-state index contributed by atoms with van der Waals surface area (Å²) in [4.78, 5) is 26.6. The van der Waals surface area contributed by atoms with Crippen LogP contribution in [0.2, 0.25) is 0 Å². The van der Waals surface area contributed by atoms with Crippen molar-refractivity contribution in [1.82, 2.24) is 30.5 Å². The average Bonchev–Trinajstić information content (AvgIpc) is 3.51. The molecule has 9 nitrogen and oxygen atoms in total. The predicted octanol–water partition coefficient (Wildman–Crippen LogP) is 5.43. The molecule has 36 heavy (non-hydrogen) atoms. The van der Waals surface area contributed by atoms with E-state index < -0.39 is 0 Å². The van der Waals surface area contributed by atoms with Gasteiger partial charge in [-0.1, -0.05) is 32.3 Å². The summed E-state index contributed by atoms with van der Waals surface area (Å²) in [7, 11) is 0. The lowest BCUT2D eigenvalue weighted by Crippen LogP contribution is -2.41. The second-order valence-corrected chi connectivity index (χ2v) is 10.4. The number of carbonyl (C=O) groups is 1. The number of aromatic amines is 1. The lowest BCUT2D eigenvalue weighted by molar-refractivity contribution is 0.0923. The Morgan fingerprint density at radius 1 is 1.17 bits per heavy atom. The van der Waals surface area contributed by atoms with Crippen LogP contribution in [0.15, 0.2) is 41.9 Å². The Balaban J connectivity index is 1.36. The van der Waals surface area contributed by atoms with Gasteiger partial charge < -0.3 is 16.0 Å². The molecule has 1 amide bonds.